The smallest absolute Gasteiger partial charge is 0.109 e. The van der Waals surface area contributed by atoms with Crippen molar-refractivity contribution in [2.24, 2.45) is 0 Å². The van der Waals surface area contributed by atoms with E-state index in [4.69, 9.17) is 56.8 Å². The Hall–Kier alpha value is -0.480. The quantitative estimate of drug-likeness (QED) is 0.457. The van der Waals surface area contributed by atoms with E-state index < -0.39 is 0 Å². The summed E-state index contributed by atoms with van der Waals surface area (Å²) in [5.41, 5.74) is 0. The molecule has 12 heteroatoms. The minimum absolute atomic E-state index is 0.333. The highest BCUT2D eigenvalue weighted by atomic mass is 16.6. The van der Waals surface area contributed by atoms with E-state index in [0.717, 1.165) is 0 Å². The Morgan fingerprint density at radius 1 is 0.222 bits per heavy atom. The molecule has 36 heavy (non-hydrogen) atoms. The molecule has 2 atom stereocenters. The third-order valence-corrected chi connectivity index (χ3v) is 5.07. The van der Waals surface area contributed by atoms with Crippen molar-refractivity contribution in [2.75, 3.05) is 145 Å². The molecule has 0 aromatic rings. The Morgan fingerprint density at radius 2 is 0.417 bits per heavy atom. The zero-order chi connectivity index (χ0) is 25.2. The Labute approximate surface area is 214 Å². The molecule has 0 aromatic carbocycles. The topological polar surface area (TPSA) is 111 Å². The van der Waals surface area contributed by atoms with E-state index >= 15 is 0 Å². The minimum atomic E-state index is -0.352. The number of ether oxygens (including phenoxy) is 12. The summed E-state index contributed by atoms with van der Waals surface area (Å²) in [5.74, 6) is 0. The van der Waals surface area contributed by atoms with Gasteiger partial charge in [0.25, 0.3) is 0 Å². The van der Waals surface area contributed by atoms with Gasteiger partial charge in [-0.15, -0.1) is 0 Å². The van der Waals surface area contributed by atoms with Crippen molar-refractivity contribution in [3.8, 4) is 0 Å². The van der Waals surface area contributed by atoms with Crippen LogP contribution >= 0.6 is 0 Å². The Morgan fingerprint density at radius 3 is 0.667 bits per heavy atom. The van der Waals surface area contributed by atoms with Crippen molar-refractivity contribution in [1.29, 1.82) is 0 Å². The average Bonchev–Trinajstić information content (AvgIpc) is 2.89. The molecule has 0 aromatic heterocycles. The summed E-state index contributed by atoms with van der Waals surface area (Å²) < 4.78 is 68.1. The summed E-state index contributed by atoms with van der Waals surface area (Å²) in [4.78, 5) is 0. The largest absolute Gasteiger partial charge is 0.377 e. The van der Waals surface area contributed by atoms with E-state index in [9.17, 15) is 0 Å². The lowest BCUT2D eigenvalue weighted by Gasteiger charge is -2.27. The van der Waals surface area contributed by atoms with E-state index in [1.807, 2.05) is 0 Å². The van der Waals surface area contributed by atoms with E-state index in [-0.39, 0.29) is 12.2 Å². The van der Waals surface area contributed by atoms with E-state index in [0.29, 0.717) is 145 Å². The van der Waals surface area contributed by atoms with Crippen molar-refractivity contribution >= 4 is 0 Å². The van der Waals surface area contributed by atoms with Crippen LogP contribution in [-0.4, -0.2) is 158 Å². The molecule has 12 nitrogen and oxygen atoms in total. The molecule has 0 saturated carbocycles. The van der Waals surface area contributed by atoms with Gasteiger partial charge in [-0.25, -0.2) is 0 Å². The van der Waals surface area contributed by atoms with Gasteiger partial charge in [-0.2, -0.15) is 0 Å². The molecule has 2 heterocycles. The maximum absolute atomic E-state index is 6.10. The van der Waals surface area contributed by atoms with Gasteiger partial charge in [0.1, 0.15) is 12.2 Å². The van der Waals surface area contributed by atoms with E-state index in [2.05, 4.69) is 0 Å². The zero-order valence-electron chi connectivity index (χ0n) is 21.6. The number of hydrogen-bond donors (Lipinski definition) is 0. The molecule has 0 bridgehead atoms. The van der Waals surface area contributed by atoms with Gasteiger partial charge in [-0.1, -0.05) is 0 Å². The second-order valence-corrected chi connectivity index (χ2v) is 7.87. The van der Waals surface area contributed by atoms with Crippen LogP contribution in [0.15, 0.2) is 0 Å². The summed E-state index contributed by atoms with van der Waals surface area (Å²) in [6.07, 6.45) is -0.703. The fourth-order valence-corrected chi connectivity index (χ4v) is 3.20. The molecule has 2 aliphatic heterocycles. The Balaban J connectivity index is 1.83. The molecule has 2 rings (SSSR count). The summed E-state index contributed by atoms with van der Waals surface area (Å²) in [5, 5.41) is 0. The highest BCUT2D eigenvalue weighted by Crippen LogP contribution is 2.08. The molecule has 2 saturated heterocycles. The van der Waals surface area contributed by atoms with Crippen molar-refractivity contribution in [2.45, 2.75) is 12.2 Å². The molecular formula is C24H46O12. The first kappa shape index (κ1) is 31.7. The maximum Gasteiger partial charge on any atom is 0.109 e. The van der Waals surface area contributed by atoms with Crippen molar-refractivity contribution < 1.29 is 56.8 Å². The second-order valence-electron chi connectivity index (χ2n) is 7.87. The van der Waals surface area contributed by atoms with Crippen LogP contribution < -0.4 is 0 Å². The third-order valence-electron chi connectivity index (χ3n) is 5.07. The lowest BCUT2D eigenvalue weighted by Crippen LogP contribution is -2.41. The summed E-state index contributed by atoms with van der Waals surface area (Å²) >= 11 is 0. The summed E-state index contributed by atoms with van der Waals surface area (Å²) in [6, 6.07) is 0. The molecule has 2 fully saturated rings. The van der Waals surface area contributed by atoms with Gasteiger partial charge in [0.15, 0.2) is 0 Å². The van der Waals surface area contributed by atoms with Gasteiger partial charge in [0, 0.05) is 0 Å². The van der Waals surface area contributed by atoms with Crippen LogP contribution in [0.1, 0.15) is 0 Å². The predicted octanol–water partition coefficient (Wildman–Crippen LogP) is -0.0500. The SMILES string of the molecule is C1COCCOCCO[C@H]([C@@H]2COCCOCCOCCOCCOCCO2)COCCOCCO1. The highest BCUT2D eigenvalue weighted by molar-refractivity contribution is 4.71. The van der Waals surface area contributed by atoms with Gasteiger partial charge in [-0.05, 0) is 0 Å². The van der Waals surface area contributed by atoms with Crippen LogP contribution in [0.2, 0.25) is 0 Å². The van der Waals surface area contributed by atoms with Gasteiger partial charge < -0.3 is 56.8 Å². The van der Waals surface area contributed by atoms with Gasteiger partial charge in [-0.3, -0.25) is 0 Å². The summed E-state index contributed by atoms with van der Waals surface area (Å²) in [7, 11) is 0. The fourth-order valence-electron chi connectivity index (χ4n) is 3.20. The van der Waals surface area contributed by atoms with Crippen molar-refractivity contribution in [3.05, 3.63) is 0 Å². The molecule has 214 valence electrons. The lowest BCUT2D eigenvalue weighted by atomic mass is 10.2. The fraction of sp³-hybridized carbons (Fsp3) is 1.00. The van der Waals surface area contributed by atoms with Crippen LogP contribution in [0.5, 0.6) is 0 Å². The molecule has 0 N–H and O–H groups in total. The Kier molecular flexibility index (Phi) is 21.9. The normalized spacial score (nSPS) is 28.7. The van der Waals surface area contributed by atoms with Crippen LogP contribution in [0, 0.1) is 0 Å². The van der Waals surface area contributed by atoms with Crippen LogP contribution in [0.25, 0.3) is 0 Å². The first-order valence-corrected chi connectivity index (χ1v) is 13.0. The van der Waals surface area contributed by atoms with Crippen molar-refractivity contribution in [3.63, 3.8) is 0 Å². The number of rotatable bonds is 1. The minimum Gasteiger partial charge on any atom is -0.377 e. The second kappa shape index (κ2) is 24.8. The van der Waals surface area contributed by atoms with Gasteiger partial charge in [0.2, 0.25) is 0 Å². The van der Waals surface area contributed by atoms with Gasteiger partial charge >= 0.3 is 0 Å². The first-order chi connectivity index (χ1) is 18.0. The van der Waals surface area contributed by atoms with Crippen LogP contribution in [0.3, 0.4) is 0 Å². The monoisotopic (exact) mass is 526 g/mol. The predicted molar refractivity (Wildman–Crippen MR) is 128 cm³/mol. The standard InChI is InChI=1S/C24H46O12/c1-3-27-9-11-31-17-19-35-23(21-33-15-13-29-7-5-25-1)24-22-34-16-14-30-8-6-26-2-4-28-10-12-32-18-20-36-24/h23-24H,1-22H2/t23-,24-/m0/s1. The number of hydrogen-bond acceptors (Lipinski definition) is 12. The van der Waals surface area contributed by atoms with Crippen molar-refractivity contribution in [1.82, 2.24) is 0 Å². The molecule has 2 aliphatic rings. The van der Waals surface area contributed by atoms with Crippen LogP contribution in [0.4, 0.5) is 0 Å². The molecule has 0 aliphatic carbocycles. The molecule has 0 unspecified atom stereocenters. The molecule has 0 spiro atoms. The van der Waals surface area contributed by atoms with Gasteiger partial charge in [0.05, 0.1) is 145 Å². The van der Waals surface area contributed by atoms with E-state index in [1.54, 1.807) is 0 Å². The Bertz CT molecular complexity index is 383. The first-order valence-electron chi connectivity index (χ1n) is 13.0. The summed E-state index contributed by atoms with van der Waals surface area (Å²) in [6.45, 7) is 10.3. The lowest BCUT2D eigenvalue weighted by molar-refractivity contribution is -0.144. The average molecular weight is 527 g/mol. The molecule has 0 radical (unpaired) electrons. The highest BCUT2D eigenvalue weighted by Gasteiger charge is 2.24. The maximum atomic E-state index is 6.10. The van der Waals surface area contributed by atoms with E-state index in [1.165, 1.54) is 0 Å². The zero-order valence-corrected chi connectivity index (χ0v) is 21.6. The molecular weight excluding hydrogens is 480 g/mol. The van der Waals surface area contributed by atoms with Crippen LogP contribution in [-0.2, 0) is 56.8 Å². The molecule has 0 amide bonds. The third kappa shape index (κ3) is 18.7.